The van der Waals surface area contributed by atoms with Gasteiger partial charge in [-0.05, 0) is 26.3 Å². The van der Waals surface area contributed by atoms with E-state index in [1.807, 2.05) is 20.8 Å². The molecule has 0 fully saturated rings. The van der Waals surface area contributed by atoms with Gasteiger partial charge in [0.1, 0.15) is 5.60 Å². The summed E-state index contributed by atoms with van der Waals surface area (Å²) in [6.07, 6.45) is 0.805. The Balaban J connectivity index is 3.05. The standard InChI is InChI=1S/C10H18ClO3P/c1-5-14-15(12)6-8(2)9(11)10(3,7-15)13-4/h5-7H2,1-4H3. The molecule has 1 aliphatic rings. The van der Waals surface area contributed by atoms with Crippen molar-refractivity contribution >= 4 is 19.0 Å². The number of ether oxygens (including phenoxy) is 1. The van der Waals surface area contributed by atoms with Crippen LogP contribution >= 0.6 is 19.0 Å². The quantitative estimate of drug-likeness (QED) is 0.724. The zero-order valence-electron chi connectivity index (χ0n) is 9.67. The molecule has 0 amide bonds. The lowest BCUT2D eigenvalue weighted by Gasteiger charge is -2.37. The van der Waals surface area contributed by atoms with Crippen LogP contribution in [0.2, 0.25) is 0 Å². The fourth-order valence-corrected chi connectivity index (χ4v) is 5.20. The van der Waals surface area contributed by atoms with Crippen molar-refractivity contribution in [3.05, 3.63) is 10.6 Å². The van der Waals surface area contributed by atoms with Crippen molar-refractivity contribution < 1.29 is 13.8 Å². The summed E-state index contributed by atoms with van der Waals surface area (Å²) in [7, 11) is -1.03. The lowest BCUT2D eigenvalue weighted by atomic mass is 10.1. The molecular weight excluding hydrogens is 235 g/mol. The average Bonchev–Trinajstić information content (AvgIpc) is 2.14. The third kappa shape index (κ3) is 2.65. The zero-order chi connectivity index (χ0) is 11.7. The molecule has 1 heterocycles. The highest BCUT2D eigenvalue weighted by Gasteiger charge is 2.43. The smallest absolute Gasteiger partial charge is 0.210 e. The molecule has 0 bridgehead atoms. The maximum absolute atomic E-state index is 12.4. The molecule has 88 valence electrons. The predicted molar refractivity (Wildman–Crippen MR) is 62.9 cm³/mol. The number of rotatable bonds is 3. The van der Waals surface area contributed by atoms with Gasteiger partial charge in [-0.3, -0.25) is 4.57 Å². The number of methoxy groups -OCH3 is 1. The van der Waals surface area contributed by atoms with Crippen molar-refractivity contribution in [3.8, 4) is 0 Å². The molecule has 1 aliphatic heterocycles. The van der Waals surface area contributed by atoms with Gasteiger partial charge in [-0.2, -0.15) is 0 Å². The van der Waals surface area contributed by atoms with Gasteiger partial charge in [0.15, 0.2) is 0 Å². The van der Waals surface area contributed by atoms with E-state index in [1.165, 1.54) is 0 Å². The third-order valence-corrected chi connectivity index (χ3v) is 6.17. The summed E-state index contributed by atoms with van der Waals surface area (Å²) in [5.74, 6) is 0. The van der Waals surface area contributed by atoms with Crippen LogP contribution in [0.15, 0.2) is 10.6 Å². The molecule has 0 saturated carbocycles. The van der Waals surface area contributed by atoms with Crippen molar-refractivity contribution in [2.75, 3.05) is 26.0 Å². The number of hydrogen-bond acceptors (Lipinski definition) is 3. The Bertz CT molecular complexity index is 327. The van der Waals surface area contributed by atoms with E-state index in [0.717, 1.165) is 5.57 Å². The molecule has 0 saturated heterocycles. The lowest BCUT2D eigenvalue weighted by Crippen LogP contribution is -2.37. The summed E-state index contributed by atoms with van der Waals surface area (Å²) in [5, 5.41) is 0.663. The van der Waals surface area contributed by atoms with E-state index in [-0.39, 0.29) is 0 Å². The second-order valence-electron chi connectivity index (χ2n) is 4.08. The molecule has 0 spiro atoms. The van der Waals surface area contributed by atoms with Crippen LogP contribution in [-0.2, 0) is 13.8 Å². The van der Waals surface area contributed by atoms with Gasteiger partial charge in [-0.25, -0.2) is 0 Å². The van der Waals surface area contributed by atoms with Crippen molar-refractivity contribution in [2.24, 2.45) is 0 Å². The Morgan fingerprint density at radius 2 is 2.20 bits per heavy atom. The monoisotopic (exact) mass is 252 g/mol. The summed E-state index contributed by atoms with van der Waals surface area (Å²) in [5.41, 5.74) is 0.248. The molecule has 2 unspecified atom stereocenters. The molecule has 0 aliphatic carbocycles. The second kappa shape index (κ2) is 4.58. The number of halogens is 1. The first-order chi connectivity index (χ1) is 6.87. The Morgan fingerprint density at radius 1 is 1.60 bits per heavy atom. The highest BCUT2D eigenvalue weighted by Crippen LogP contribution is 2.57. The van der Waals surface area contributed by atoms with Crippen LogP contribution in [0.4, 0.5) is 0 Å². The van der Waals surface area contributed by atoms with E-state index in [1.54, 1.807) is 7.11 Å². The molecule has 2 atom stereocenters. The third-order valence-electron chi connectivity index (χ3n) is 2.67. The summed E-state index contributed by atoms with van der Waals surface area (Å²) >= 11 is 6.18. The maximum Gasteiger partial charge on any atom is 0.210 e. The minimum absolute atomic E-state index is 0.362. The van der Waals surface area contributed by atoms with Gasteiger partial charge in [0.2, 0.25) is 7.37 Å². The molecule has 15 heavy (non-hydrogen) atoms. The van der Waals surface area contributed by atoms with Crippen LogP contribution in [0.5, 0.6) is 0 Å². The maximum atomic E-state index is 12.4. The van der Waals surface area contributed by atoms with Crippen molar-refractivity contribution in [3.63, 3.8) is 0 Å². The van der Waals surface area contributed by atoms with E-state index in [9.17, 15) is 4.57 Å². The molecule has 5 heteroatoms. The van der Waals surface area contributed by atoms with Crippen LogP contribution < -0.4 is 0 Å². The minimum Gasteiger partial charge on any atom is -0.372 e. The van der Waals surface area contributed by atoms with Crippen molar-refractivity contribution in [1.82, 2.24) is 0 Å². The Labute approximate surface area is 96.2 Å². The van der Waals surface area contributed by atoms with Gasteiger partial charge in [0.05, 0.1) is 12.8 Å². The topological polar surface area (TPSA) is 35.5 Å². The molecule has 0 N–H and O–H groups in total. The predicted octanol–water partition coefficient (Wildman–Crippen LogP) is 3.23. The van der Waals surface area contributed by atoms with Gasteiger partial charge in [-0.1, -0.05) is 11.6 Å². The largest absolute Gasteiger partial charge is 0.372 e. The summed E-state index contributed by atoms with van der Waals surface area (Å²) in [6.45, 7) is 6.04. The van der Waals surface area contributed by atoms with E-state index < -0.39 is 13.0 Å². The van der Waals surface area contributed by atoms with E-state index in [0.29, 0.717) is 24.0 Å². The Kier molecular flexibility index (Phi) is 4.05. The van der Waals surface area contributed by atoms with Crippen LogP contribution in [0.25, 0.3) is 0 Å². The number of hydrogen-bond donors (Lipinski definition) is 0. The zero-order valence-corrected chi connectivity index (χ0v) is 11.3. The Hall–Kier alpha value is 0.180. The Morgan fingerprint density at radius 3 is 2.67 bits per heavy atom. The van der Waals surface area contributed by atoms with Crippen LogP contribution in [0, 0.1) is 0 Å². The summed E-state index contributed by atoms with van der Waals surface area (Å²) in [6, 6.07) is 0. The fraction of sp³-hybridized carbons (Fsp3) is 0.800. The minimum atomic E-state index is -2.61. The SMILES string of the molecule is CCOP1(=O)CC(C)=C(Cl)C(C)(OC)C1. The second-order valence-corrected chi connectivity index (χ2v) is 6.98. The first-order valence-corrected chi connectivity index (χ1v) is 7.38. The van der Waals surface area contributed by atoms with Gasteiger partial charge < -0.3 is 9.26 Å². The van der Waals surface area contributed by atoms with Gasteiger partial charge in [0.25, 0.3) is 0 Å². The van der Waals surface area contributed by atoms with E-state index in [4.69, 9.17) is 20.9 Å². The first kappa shape index (κ1) is 13.2. The van der Waals surface area contributed by atoms with E-state index in [2.05, 4.69) is 0 Å². The summed E-state index contributed by atoms with van der Waals surface area (Å²) in [4.78, 5) is 0. The molecule has 1 rings (SSSR count). The van der Waals surface area contributed by atoms with Crippen molar-refractivity contribution in [1.29, 1.82) is 0 Å². The van der Waals surface area contributed by atoms with Crippen LogP contribution in [-0.4, -0.2) is 31.6 Å². The highest BCUT2D eigenvalue weighted by molar-refractivity contribution is 7.59. The van der Waals surface area contributed by atoms with Crippen LogP contribution in [0.1, 0.15) is 20.8 Å². The van der Waals surface area contributed by atoms with Gasteiger partial charge in [-0.15, -0.1) is 0 Å². The van der Waals surface area contributed by atoms with Crippen LogP contribution in [0.3, 0.4) is 0 Å². The molecule has 0 radical (unpaired) electrons. The van der Waals surface area contributed by atoms with E-state index >= 15 is 0 Å². The summed E-state index contributed by atoms with van der Waals surface area (Å²) < 4.78 is 23.1. The first-order valence-electron chi connectivity index (χ1n) is 5.00. The number of allylic oxidation sites excluding steroid dienone is 1. The highest BCUT2D eigenvalue weighted by atomic mass is 35.5. The molecule has 3 nitrogen and oxygen atoms in total. The normalized spacial score (nSPS) is 37.1. The van der Waals surface area contributed by atoms with Gasteiger partial charge >= 0.3 is 0 Å². The molecule has 0 aromatic carbocycles. The molecule has 0 aromatic heterocycles. The van der Waals surface area contributed by atoms with Crippen molar-refractivity contribution in [2.45, 2.75) is 26.4 Å². The molecular formula is C10H18ClO3P. The average molecular weight is 253 g/mol. The fourth-order valence-electron chi connectivity index (χ4n) is 1.95. The molecule has 0 aromatic rings. The lowest BCUT2D eigenvalue weighted by molar-refractivity contribution is 0.0591. The van der Waals surface area contributed by atoms with Gasteiger partial charge in [0, 0.05) is 18.3 Å².